The van der Waals surface area contributed by atoms with Crippen LogP contribution in [0.4, 0.5) is 4.39 Å². The molecule has 0 radical (unpaired) electrons. The first-order valence-electron chi connectivity index (χ1n) is 6.76. The van der Waals surface area contributed by atoms with Crippen molar-refractivity contribution >= 4 is 10.0 Å². The second-order valence-electron chi connectivity index (χ2n) is 5.05. The van der Waals surface area contributed by atoms with Gasteiger partial charge in [-0.05, 0) is 45.0 Å². The third-order valence-electron chi connectivity index (χ3n) is 3.09. The van der Waals surface area contributed by atoms with Gasteiger partial charge >= 0.3 is 0 Å². The lowest BCUT2D eigenvalue weighted by Crippen LogP contribution is -2.33. The SMILES string of the molecule is CNCc1cc(S(=O)(=O)NC(C)CCOC)cc(C)c1F. The molecule has 7 heteroatoms. The van der Waals surface area contributed by atoms with E-state index < -0.39 is 10.0 Å². The van der Waals surface area contributed by atoms with Crippen LogP contribution >= 0.6 is 0 Å². The van der Waals surface area contributed by atoms with E-state index in [0.717, 1.165) is 0 Å². The van der Waals surface area contributed by atoms with Crippen LogP contribution in [0.15, 0.2) is 17.0 Å². The molecule has 0 aromatic heterocycles. The van der Waals surface area contributed by atoms with E-state index in [4.69, 9.17) is 4.74 Å². The Morgan fingerprint density at radius 1 is 1.38 bits per heavy atom. The third-order valence-corrected chi connectivity index (χ3v) is 4.66. The van der Waals surface area contributed by atoms with Crippen molar-refractivity contribution < 1.29 is 17.5 Å². The lowest BCUT2D eigenvalue weighted by atomic mass is 10.1. The zero-order chi connectivity index (χ0) is 16.0. The summed E-state index contributed by atoms with van der Waals surface area (Å²) in [5.74, 6) is -0.379. The molecule has 1 aromatic carbocycles. The van der Waals surface area contributed by atoms with Crippen LogP contribution in [0.5, 0.6) is 0 Å². The van der Waals surface area contributed by atoms with Crippen LogP contribution in [0.3, 0.4) is 0 Å². The fourth-order valence-corrected chi connectivity index (χ4v) is 3.38. The van der Waals surface area contributed by atoms with E-state index in [9.17, 15) is 12.8 Å². The van der Waals surface area contributed by atoms with Gasteiger partial charge in [-0.3, -0.25) is 0 Å². The molecule has 0 saturated carbocycles. The number of methoxy groups -OCH3 is 1. The zero-order valence-electron chi connectivity index (χ0n) is 12.9. The Kier molecular flexibility index (Phi) is 6.73. The van der Waals surface area contributed by atoms with Crippen molar-refractivity contribution in [3.05, 3.63) is 29.1 Å². The lowest BCUT2D eigenvalue weighted by molar-refractivity contribution is 0.188. The Labute approximate surface area is 125 Å². The zero-order valence-corrected chi connectivity index (χ0v) is 13.7. The molecule has 0 spiro atoms. The first-order chi connectivity index (χ1) is 9.81. The van der Waals surface area contributed by atoms with E-state index >= 15 is 0 Å². The smallest absolute Gasteiger partial charge is 0.240 e. The van der Waals surface area contributed by atoms with Gasteiger partial charge in [0.25, 0.3) is 0 Å². The number of hydrogen-bond acceptors (Lipinski definition) is 4. The minimum absolute atomic E-state index is 0.0796. The third kappa shape index (κ3) is 5.03. The van der Waals surface area contributed by atoms with Gasteiger partial charge in [0.15, 0.2) is 0 Å². The molecule has 1 rings (SSSR count). The minimum atomic E-state index is -3.67. The van der Waals surface area contributed by atoms with E-state index in [1.54, 1.807) is 28.0 Å². The van der Waals surface area contributed by atoms with Crippen LogP contribution < -0.4 is 10.0 Å². The van der Waals surface area contributed by atoms with Crippen LogP contribution in [-0.2, 0) is 21.3 Å². The molecular formula is C14H23FN2O3S. The van der Waals surface area contributed by atoms with E-state index in [1.807, 2.05) is 0 Å². The Balaban J connectivity index is 3.02. The second kappa shape index (κ2) is 7.84. The monoisotopic (exact) mass is 318 g/mol. The van der Waals surface area contributed by atoms with Crippen molar-refractivity contribution in [1.82, 2.24) is 10.0 Å². The molecule has 0 aliphatic heterocycles. The lowest BCUT2D eigenvalue weighted by Gasteiger charge is -2.15. The highest BCUT2D eigenvalue weighted by molar-refractivity contribution is 7.89. The molecule has 1 unspecified atom stereocenters. The number of aryl methyl sites for hydroxylation is 1. The Hall–Kier alpha value is -1.02. The normalized spacial score (nSPS) is 13.4. The summed E-state index contributed by atoms with van der Waals surface area (Å²) in [6.07, 6.45) is 0.569. The quantitative estimate of drug-likeness (QED) is 0.763. The van der Waals surface area contributed by atoms with Crippen molar-refractivity contribution in [3.8, 4) is 0 Å². The number of rotatable bonds is 8. The van der Waals surface area contributed by atoms with Crippen LogP contribution in [0.2, 0.25) is 0 Å². The first-order valence-corrected chi connectivity index (χ1v) is 8.25. The maximum absolute atomic E-state index is 13.9. The maximum Gasteiger partial charge on any atom is 0.240 e. The van der Waals surface area contributed by atoms with Gasteiger partial charge in [-0.25, -0.2) is 17.5 Å². The fraction of sp³-hybridized carbons (Fsp3) is 0.571. The van der Waals surface area contributed by atoms with Crippen LogP contribution in [0, 0.1) is 12.7 Å². The number of nitrogens with one attached hydrogen (secondary N) is 2. The Bertz CT molecular complexity index is 576. The molecule has 0 fully saturated rings. The summed E-state index contributed by atoms with van der Waals surface area (Å²) in [6, 6.07) is 2.46. The van der Waals surface area contributed by atoms with Gasteiger partial charge in [0.2, 0.25) is 10.0 Å². The topological polar surface area (TPSA) is 67.4 Å². The maximum atomic E-state index is 13.9. The molecular weight excluding hydrogens is 295 g/mol. The highest BCUT2D eigenvalue weighted by Crippen LogP contribution is 2.19. The average molecular weight is 318 g/mol. The fourth-order valence-electron chi connectivity index (χ4n) is 1.97. The van der Waals surface area contributed by atoms with Gasteiger partial charge in [-0.15, -0.1) is 0 Å². The molecule has 0 saturated heterocycles. The number of halogens is 1. The molecule has 0 bridgehead atoms. The minimum Gasteiger partial charge on any atom is -0.385 e. The average Bonchev–Trinajstić information content (AvgIpc) is 2.41. The first kappa shape index (κ1) is 18.0. The standard InChI is InChI=1S/C14H23FN2O3S/c1-10-7-13(8-12(9-16-3)14(10)15)21(18,19)17-11(2)5-6-20-4/h7-8,11,16-17H,5-6,9H2,1-4H3. The summed E-state index contributed by atoms with van der Waals surface area (Å²) in [7, 11) is -0.424. The van der Waals surface area contributed by atoms with Gasteiger partial charge in [0, 0.05) is 31.9 Å². The van der Waals surface area contributed by atoms with E-state index in [2.05, 4.69) is 10.0 Å². The number of ether oxygens (including phenoxy) is 1. The van der Waals surface area contributed by atoms with Gasteiger partial charge in [0.05, 0.1) is 4.90 Å². The van der Waals surface area contributed by atoms with Crippen LogP contribution in [0.25, 0.3) is 0 Å². The van der Waals surface area contributed by atoms with Crippen molar-refractivity contribution in [3.63, 3.8) is 0 Å². The summed E-state index contributed by atoms with van der Waals surface area (Å²) < 4.78 is 46.1. The highest BCUT2D eigenvalue weighted by Gasteiger charge is 2.20. The summed E-state index contributed by atoms with van der Waals surface area (Å²) >= 11 is 0. The van der Waals surface area contributed by atoms with Crippen molar-refractivity contribution in [2.45, 2.75) is 37.8 Å². The summed E-state index contributed by atoms with van der Waals surface area (Å²) in [5, 5.41) is 2.83. The summed E-state index contributed by atoms with van der Waals surface area (Å²) in [6.45, 7) is 4.07. The molecule has 2 N–H and O–H groups in total. The number of sulfonamides is 1. The van der Waals surface area contributed by atoms with Gasteiger partial charge in [-0.2, -0.15) is 0 Å². The van der Waals surface area contributed by atoms with E-state index in [0.29, 0.717) is 24.2 Å². The van der Waals surface area contributed by atoms with E-state index in [1.165, 1.54) is 12.1 Å². The molecule has 5 nitrogen and oxygen atoms in total. The molecule has 0 aliphatic carbocycles. The van der Waals surface area contributed by atoms with Crippen molar-refractivity contribution in [2.24, 2.45) is 0 Å². The highest BCUT2D eigenvalue weighted by atomic mass is 32.2. The molecule has 21 heavy (non-hydrogen) atoms. The van der Waals surface area contributed by atoms with Gasteiger partial charge in [-0.1, -0.05) is 0 Å². The number of hydrogen-bond donors (Lipinski definition) is 2. The summed E-state index contributed by atoms with van der Waals surface area (Å²) in [4.78, 5) is 0.0796. The van der Waals surface area contributed by atoms with Crippen LogP contribution in [-0.4, -0.2) is 35.2 Å². The predicted molar refractivity (Wildman–Crippen MR) is 80.2 cm³/mol. The van der Waals surface area contributed by atoms with Crippen molar-refractivity contribution in [2.75, 3.05) is 20.8 Å². The second-order valence-corrected chi connectivity index (χ2v) is 6.76. The molecule has 1 atom stereocenters. The van der Waals surface area contributed by atoms with Crippen molar-refractivity contribution in [1.29, 1.82) is 0 Å². The predicted octanol–water partition coefficient (Wildman–Crippen LogP) is 1.56. The molecule has 0 heterocycles. The molecule has 1 aromatic rings. The molecule has 0 amide bonds. The van der Waals surface area contributed by atoms with E-state index in [-0.39, 0.29) is 23.3 Å². The summed E-state index contributed by atoms with van der Waals surface area (Å²) in [5.41, 5.74) is 0.648. The molecule has 120 valence electrons. The number of benzene rings is 1. The Morgan fingerprint density at radius 2 is 2.05 bits per heavy atom. The Morgan fingerprint density at radius 3 is 2.62 bits per heavy atom. The largest absolute Gasteiger partial charge is 0.385 e. The molecule has 0 aliphatic rings. The van der Waals surface area contributed by atoms with Crippen LogP contribution in [0.1, 0.15) is 24.5 Å². The van der Waals surface area contributed by atoms with Gasteiger partial charge in [0.1, 0.15) is 5.82 Å². The van der Waals surface area contributed by atoms with Gasteiger partial charge < -0.3 is 10.1 Å².